The lowest BCUT2D eigenvalue weighted by Gasteiger charge is -2.05. The van der Waals surface area contributed by atoms with E-state index in [1.807, 2.05) is 13.8 Å². The first-order valence-corrected chi connectivity index (χ1v) is 8.59. The van der Waals surface area contributed by atoms with Crippen LogP contribution in [0.5, 0.6) is 0 Å². The summed E-state index contributed by atoms with van der Waals surface area (Å²) in [7, 11) is -3.18. The average Bonchev–Trinajstić information content (AvgIpc) is 2.72. The van der Waals surface area contributed by atoms with Gasteiger partial charge in [0.25, 0.3) is 0 Å². The molecule has 2 rings (SSSR count). The van der Waals surface area contributed by atoms with Gasteiger partial charge in [0.05, 0.1) is 5.69 Å². The molecule has 0 aliphatic heterocycles. The lowest BCUT2D eigenvalue weighted by atomic mass is 10.2. The lowest BCUT2D eigenvalue weighted by Crippen LogP contribution is -2.09. The molecule has 2 aromatic rings. The summed E-state index contributed by atoms with van der Waals surface area (Å²) in [5, 5.41) is 5.01. The highest BCUT2D eigenvalue weighted by atomic mass is 35.5. The predicted octanol–water partition coefficient (Wildman–Crippen LogP) is 2.59. The van der Waals surface area contributed by atoms with Crippen molar-refractivity contribution in [3.05, 3.63) is 40.9 Å². The molecule has 5 nitrogen and oxygen atoms in total. The van der Waals surface area contributed by atoms with Gasteiger partial charge < -0.3 is 0 Å². The highest BCUT2D eigenvalue weighted by Crippen LogP contribution is 2.18. The van der Waals surface area contributed by atoms with Crippen LogP contribution in [0.25, 0.3) is 5.69 Å². The molecule has 20 heavy (non-hydrogen) atoms. The van der Waals surface area contributed by atoms with Crippen molar-refractivity contribution in [1.82, 2.24) is 14.8 Å². The molecule has 1 aromatic carbocycles. The molecule has 0 fully saturated rings. The van der Waals surface area contributed by atoms with E-state index in [4.69, 9.17) is 11.6 Å². The van der Waals surface area contributed by atoms with Crippen molar-refractivity contribution in [1.29, 1.82) is 0 Å². The molecule has 7 heteroatoms. The van der Waals surface area contributed by atoms with Crippen molar-refractivity contribution in [3.8, 4) is 5.69 Å². The van der Waals surface area contributed by atoms with E-state index in [9.17, 15) is 8.42 Å². The molecule has 108 valence electrons. The smallest absolute Gasteiger partial charge is 0.154 e. The third kappa shape index (κ3) is 3.58. The lowest BCUT2D eigenvalue weighted by molar-refractivity contribution is 0.598. The summed E-state index contributed by atoms with van der Waals surface area (Å²) in [5.74, 6) is 1.02. The van der Waals surface area contributed by atoms with Gasteiger partial charge in [0.1, 0.15) is 11.6 Å². The Bertz CT molecular complexity index is 706. The van der Waals surface area contributed by atoms with Crippen LogP contribution in [-0.4, -0.2) is 29.4 Å². The van der Waals surface area contributed by atoms with E-state index in [2.05, 4.69) is 10.1 Å². The van der Waals surface area contributed by atoms with Gasteiger partial charge in [-0.2, -0.15) is 5.10 Å². The highest BCUT2D eigenvalue weighted by molar-refractivity contribution is 7.89. The molecule has 0 saturated heterocycles. The SMILES string of the molecule is CC(C)c1nc(CS(C)(=O)=O)n(-c2ccc(Cl)cc2)n1. The predicted molar refractivity (Wildman–Crippen MR) is 79.0 cm³/mol. The third-order valence-corrected chi connectivity index (χ3v) is 3.70. The van der Waals surface area contributed by atoms with Crippen LogP contribution in [0.1, 0.15) is 31.4 Å². The molecule has 0 aliphatic rings. The number of sulfone groups is 1. The zero-order valence-electron chi connectivity index (χ0n) is 11.5. The van der Waals surface area contributed by atoms with Crippen molar-refractivity contribution in [3.63, 3.8) is 0 Å². The number of benzene rings is 1. The maximum atomic E-state index is 11.5. The van der Waals surface area contributed by atoms with Crippen LogP contribution in [0.15, 0.2) is 24.3 Å². The zero-order chi connectivity index (χ0) is 14.9. The summed E-state index contributed by atoms with van der Waals surface area (Å²) in [6, 6.07) is 7.04. The fourth-order valence-electron chi connectivity index (χ4n) is 1.72. The van der Waals surface area contributed by atoms with Gasteiger partial charge in [-0.1, -0.05) is 25.4 Å². The molecule has 1 aromatic heterocycles. The molecule has 0 spiro atoms. The van der Waals surface area contributed by atoms with Crippen LogP contribution in [0, 0.1) is 0 Å². The summed E-state index contributed by atoms with van der Waals surface area (Å²) in [6.07, 6.45) is 1.18. The van der Waals surface area contributed by atoms with Crippen LogP contribution >= 0.6 is 11.6 Å². The first-order valence-electron chi connectivity index (χ1n) is 6.16. The van der Waals surface area contributed by atoms with Gasteiger partial charge in [-0.15, -0.1) is 0 Å². The van der Waals surface area contributed by atoms with Crippen LogP contribution in [0.4, 0.5) is 0 Å². The van der Waals surface area contributed by atoms with Crippen molar-refractivity contribution < 1.29 is 8.42 Å². The zero-order valence-corrected chi connectivity index (χ0v) is 13.1. The summed E-state index contributed by atoms with van der Waals surface area (Å²) < 4.78 is 24.6. The molecular weight excluding hydrogens is 298 g/mol. The number of nitrogens with zero attached hydrogens (tertiary/aromatic N) is 3. The monoisotopic (exact) mass is 313 g/mol. The van der Waals surface area contributed by atoms with Crippen LogP contribution < -0.4 is 0 Å². The van der Waals surface area contributed by atoms with Crippen LogP contribution in [0.2, 0.25) is 5.02 Å². The average molecular weight is 314 g/mol. The fraction of sp³-hybridized carbons (Fsp3) is 0.385. The molecule has 0 bridgehead atoms. The second-order valence-corrected chi connectivity index (χ2v) is 7.58. The van der Waals surface area contributed by atoms with E-state index >= 15 is 0 Å². The molecule has 1 heterocycles. The number of hydrogen-bond donors (Lipinski definition) is 0. The van der Waals surface area contributed by atoms with Gasteiger partial charge in [0.15, 0.2) is 15.7 Å². The van der Waals surface area contributed by atoms with Gasteiger partial charge in [-0.25, -0.2) is 18.1 Å². The molecule has 0 saturated carbocycles. The van der Waals surface area contributed by atoms with E-state index in [1.165, 1.54) is 6.26 Å². The van der Waals surface area contributed by atoms with Gasteiger partial charge in [0.2, 0.25) is 0 Å². The fourth-order valence-corrected chi connectivity index (χ4v) is 2.51. The van der Waals surface area contributed by atoms with Gasteiger partial charge in [0, 0.05) is 17.2 Å². The molecule has 0 radical (unpaired) electrons. The maximum absolute atomic E-state index is 11.5. The Morgan fingerprint density at radius 3 is 2.35 bits per heavy atom. The van der Waals surface area contributed by atoms with Crippen LogP contribution in [-0.2, 0) is 15.6 Å². The second-order valence-electron chi connectivity index (χ2n) is 5.00. The third-order valence-electron chi connectivity index (χ3n) is 2.67. The summed E-state index contributed by atoms with van der Waals surface area (Å²) in [6.45, 7) is 3.93. The standard InChI is InChI=1S/C13H16ClN3O2S/c1-9(2)13-15-12(8-20(3,18)19)17(16-13)11-6-4-10(14)5-7-11/h4-7,9H,8H2,1-3H3. The van der Waals surface area contributed by atoms with Crippen molar-refractivity contribution in [2.75, 3.05) is 6.26 Å². The van der Waals surface area contributed by atoms with E-state index in [0.717, 1.165) is 5.69 Å². The number of hydrogen-bond acceptors (Lipinski definition) is 4. The van der Waals surface area contributed by atoms with E-state index in [-0.39, 0.29) is 11.7 Å². The Kier molecular flexibility index (Phi) is 4.15. The molecule has 0 unspecified atom stereocenters. The van der Waals surface area contributed by atoms with E-state index in [1.54, 1.807) is 28.9 Å². The normalized spacial score (nSPS) is 12.1. The Balaban J connectivity index is 2.52. The van der Waals surface area contributed by atoms with E-state index in [0.29, 0.717) is 16.7 Å². The molecule has 0 amide bonds. The van der Waals surface area contributed by atoms with Crippen molar-refractivity contribution in [2.24, 2.45) is 0 Å². The highest BCUT2D eigenvalue weighted by Gasteiger charge is 2.17. The molecule has 0 N–H and O–H groups in total. The topological polar surface area (TPSA) is 64.8 Å². The second kappa shape index (κ2) is 5.54. The maximum Gasteiger partial charge on any atom is 0.154 e. The number of rotatable bonds is 4. The Labute approximate surface area is 123 Å². The first-order chi connectivity index (χ1) is 9.26. The summed E-state index contributed by atoms with van der Waals surface area (Å²) >= 11 is 5.86. The minimum absolute atomic E-state index is 0.127. The minimum atomic E-state index is -3.18. The van der Waals surface area contributed by atoms with Gasteiger partial charge in [-0.05, 0) is 24.3 Å². The Morgan fingerprint density at radius 2 is 1.85 bits per heavy atom. The van der Waals surface area contributed by atoms with E-state index < -0.39 is 9.84 Å². The van der Waals surface area contributed by atoms with Crippen molar-refractivity contribution >= 4 is 21.4 Å². The molecule has 0 atom stereocenters. The summed E-state index contributed by atoms with van der Waals surface area (Å²) in [5.41, 5.74) is 0.743. The number of halogens is 1. The van der Waals surface area contributed by atoms with Crippen molar-refractivity contribution in [2.45, 2.75) is 25.5 Å². The largest absolute Gasteiger partial charge is 0.229 e. The summed E-state index contributed by atoms with van der Waals surface area (Å²) in [4.78, 5) is 4.33. The molecular formula is C13H16ClN3O2S. The van der Waals surface area contributed by atoms with Crippen LogP contribution in [0.3, 0.4) is 0 Å². The van der Waals surface area contributed by atoms with Gasteiger partial charge >= 0.3 is 0 Å². The quantitative estimate of drug-likeness (QED) is 0.870. The first kappa shape index (κ1) is 15.0. The van der Waals surface area contributed by atoms with Gasteiger partial charge in [-0.3, -0.25) is 0 Å². The Morgan fingerprint density at radius 1 is 1.25 bits per heavy atom. The number of aromatic nitrogens is 3. The Hall–Kier alpha value is -1.40. The molecule has 0 aliphatic carbocycles. The minimum Gasteiger partial charge on any atom is -0.229 e.